The van der Waals surface area contributed by atoms with E-state index in [0.717, 1.165) is 6.42 Å². The number of ether oxygens (including phenoxy) is 1. The number of hydrogen-bond donors (Lipinski definition) is 1. The number of nitrogens with zero attached hydrogens (tertiary/aromatic N) is 3. The van der Waals surface area contributed by atoms with E-state index in [1.165, 1.54) is 7.11 Å². The second-order valence-corrected chi connectivity index (χ2v) is 4.46. The SMILES string of the molecule is COC(=O)C1(CCCCN=[N+]=[N-])CCNC(=O)C1. The van der Waals surface area contributed by atoms with Crippen molar-refractivity contribution in [3.63, 3.8) is 0 Å². The fraction of sp³-hybridized carbons (Fsp3) is 0.818. The number of rotatable bonds is 6. The molecule has 0 saturated carbocycles. The molecular formula is C11H18N4O3. The van der Waals surface area contributed by atoms with Gasteiger partial charge >= 0.3 is 5.97 Å². The molecule has 1 N–H and O–H groups in total. The van der Waals surface area contributed by atoms with Crippen LogP contribution in [-0.2, 0) is 14.3 Å². The fourth-order valence-corrected chi connectivity index (χ4v) is 2.30. The van der Waals surface area contributed by atoms with Gasteiger partial charge in [0.05, 0.1) is 12.5 Å². The van der Waals surface area contributed by atoms with Crippen LogP contribution in [0.4, 0.5) is 0 Å². The zero-order valence-corrected chi connectivity index (χ0v) is 10.5. The van der Waals surface area contributed by atoms with Gasteiger partial charge in [-0.15, -0.1) is 0 Å². The van der Waals surface area contributed by atoms with Crippen LogP contribution in [0, 0.1) is 5.41 Å². The number of azide groups is 1. The average molecular weight is 254 g/mol. The normalized spacial score (nSPS) is 22.8. The van der Waals surface area contributed by atoms with Gasteiger partial charge in [0.25, 0.3) is 0 Å². The molecule has 0 aliphatic carbocycles. The van der Waals surface area contributed by atoms with E-state index in [9.17, 15) is 9.59 Å². The number of amides is 1. The lowest BCUT2D eigenvalue weighted by Crippen LogP contribution is -2.45. The van der Waals surface area contributed by atoms with E-state index in [0.29, 0.717) is 32.4 Å². The van der Waals surface area contributed by atoms with Crippen molar-refractivity contribution < 1.29 is 14.3 Å². The summed E-state index contributed by atoms with van der Waals surface area (Å²) >= 11 is 0. The number of carbonyl (C=O) groups is 2. The Balaban J connectivity index is 2.57. The van der Waals surface area contributed by atoms with E-state index in [2.05, 4.69) is 15.3 Å². The molecule has 1 aliphatic rings. The minimum atomic E-state index is -0.701. The van der Waals surface area contributed by atoms with Crippen LogP contribution in [0.5, 0.6) is 0 Å². The van der Waals surface area contributed by atoms with E-state index < -0.39 is 5.41 Å². The maximum Gasteiger partial charge on any atom is 0.312 e. The number of piperidine rings is 1. The highest BCUT2D eigenvalue weighted by molar-refractivity contribution is 5.87. The number of esters is 1. The Kier molecular flexibility index (Phi) is 5.45. The molecule has 1 fully saturated rings. The minimum Gasteiger partial charge on any atom is -0.469 e. The van der Waals surface area contributed by atoms with Crippen molar-refractivity contribution in [2.45, 2.75) is 32.1 Å². The Morgan fingerprint density at radius 3 is 3.00 bits per heavy atom. The van der Waals surface area contributed by atoms with Crippen molar-refractivity contribution in [2.24, 2.45) is 10.5 Å². The van der Waals surface area contributed by atoms with Crippen LogP contribution >= 0.6 is 0 Å². The molecule has 100 valence electrons. The van der Waals surface area contributed by atoms with Crippen LogP contribution < -0.4 is 5.32 Å². The summed E-state index contributed by atoms with van der Waals surface area (Å²) in [5, 5.41) is 6.16. The Bertz CT molecular complexity index is 365. The summed E-state index contributed by atoms with van der Waals surface area (Å²) in [5.74, 6) is -0.428. The Labute approximate surface area is 106 Å². The first kappa shape index (κ1) is 14.3. The van der Waals surface area contributed by atoms with Crippen LogP contribution in [0.1, 0.15) is 32.1 Å². The number of methoxy groups -OCH3 is 1. The van der Waals surface area contributed by atoms with Crippen molar-refractivity contribution in [1.82, 2.24) is 5.32 Å². The van der Waals surface area contributed by atoms with E-state index in [1.54, 1.807) is 0 Å². The van der Waals surface area contributed by atoms with Crippen LogP contribution in [-0.4, -0.2) is 32.1 Å². The molecule has 7 nitrogen and oxygen atoms in total. The number of hydrogen-bond acceptors (Lipinski definition) is 4. The molecular weight excluding hydrogens is 236 g/mol. The third-order valence-electron chi connectivity index (χ3n) is 3.27. The molecule has 0 spiro atoms. The lowest BCUT2D eigenvalue weighted by atomic mass is 9.74. The number of carbonyl (C=O) groups excluding carboxylic acids is 2. The fourth-order valence-electron chi connectivity index (χ4n) is 2.30. The van der Waals surface area contributed by atoms with E-state index in [1.807, 2.05) is 0 Å². The van der Waals surface area contributed by atoms with E-state index in [-0.39, 0.29) is 18.3 Å². The first-order valence-corrected chi connectivity index (χ1v) is 6.00. The van der Waals surface area contributed by atoms with Crippen LogP contribution in [0.3, 0.4) is 0 Å². The molecule has 1 saturated heterocycles. The predicted molar refractivity (Wildman–Crippen MR) is 64.6 cm³/mol. The van der Waals surface area contributed by atoms with E-state index in [4.69, 9.17) is 10.3 Å². The molecule has 0 aromatic rings. The molecule has 1 heterocycles. The summed E-state index contributed by atoms with van der Waals surface area (Å²) in [7, 11) is 1.34. The second kappa shape index (κ2) is 6.86. The summed E-state index contributed by atoms with van der Waals surface area (Å²) in [6.45, 7) is 0.921. The van der Waals surface area contributed by atoms with Gasteiger partial charge in [0.15, 0.2) is 0 Å². The molecule has 0 radical (unpaired) electrons. The maximum absolute atomic E-state index is 11.9. The summed E-state index contributed by atoms with van der Waals surface area (Å²) in [4.78, 5) is 26.0. The van der Waals surface area contributed by atoms with Gasteiger partial charge in [0.2, 0.25) is 5.91 Å². The van der Waals surface area contributed by atoms with Gasteiger partial charge in [-0.1, -0.05) is 11.5 Å². The standard InChI is InChI=1S/C11H18N4O3/c1-18-10(17)11(4-2-3-6-14-15-12)5-7-13-9(16)8-11/h2-8H2,1H3,(H,13,16). The first-order valence-electron chi connectivity index (χ1n) is 6.00. The lowest BCUT2D eigenvalue weighted by molar-refractivity contribution is -0.158. The molecule has 1 rings (SSSR count). The summed E-state index contributed by atoms with van der Waals surface area (Å²) in [6.07, 6.45) is 2.83. The van der Waals surface area contributed by atoms with Gasteiger partial charge in [-0.25, -0.2) is 0 Å². The highest BCUT2D eigenvalue weighted by atomic mass is 16.5. The van der Waals surface area contributed by atoms with Crippen LogP contribution in [0.15, 0.2) is 5.11 Å². The van der Waals surface area contributed by atoms with Gasteiger partial charge in [0.1, 0.15) is 0 Å². The average Bonchev–Trinajstić information content (AvgIpc) is 2.37. The summed E-state index contributed by atoms with van der Waals surface area (Å²) < 4.78 is 4.82. The van der Waals surface area contributed by atoms with Gasteiger partial charge in [0, 0.05) is 24.4 Å². The highest BCUT2D eigenvalue weighted by Gasteiger charge is 2.42. The van der Waals surface area contributed by atoms with Gasteiger partial charge in [-0.2, -0.15) is 0 Å². The van der Waals surface area contributed by atoms with Gasteiger partial charge in [-0.3, -0.25) is 9.59 Å². The molecule has 1 atom stereocenters. The molecule has 1 aliphatic heterocycles. The maximum atomic E-state index is 11.9. The number of unbranched alkanes of at least 4 members (excludes halogenated alkanes) is 1. The van der Waals surface area contributed by atoms with Crippen molar-refractivity contribution in [1.29, 1.82) is 0 Å². The molecule has 1 unspecified atom stereocenters. The van der Waals surface area contributed by atoms with Crippen molar-refractivity contribution >= 4 is 11.9 Å². The van der Waals surface area contributed by atoms with Gasteiger partial charge < -0.3 is 10.1 Å². The zero-order valence-electron chi connectivity index (χ0n) is 10.5. The summed E-state index contributed by atoms with van der Waals surface area (Å²) in [5.41, 5.74) is 7.46. The summed E-state index contributed by atoms with van der Waals surface area (Å²) in [6, 6.07) is 0. The Morgan fingerprint density at radius 1 is 1.61 bits per heavy atom. The second-order valence-electron chi connectivity index (χ2n) is 4.46. The first-order chi connectivity index (χ1) is 8.64. The van der Waals surface area contributed by atoms with Crippen LogP contribution in [0.25, 0.3) is 10.4 Å². The van der Waals surface area contributed by atoms with Crippen LogP contribution in [0.2, 0.25) is 0 Å². The monoisotopic (exact) mass is 254 g/mol. The highest BCUT2D eigenvalue weighted by Crippen LogP contribution is 2.36. The quantitative estimate of drug-likeness (QED) is 0.255. The zero-order chi connectivity index (χ0) is 13.4. The van der Waals surface area contributed by atoms with E-state index >= 15 is 0 Å². The lowest BCUT2D eigenvalue weighted by Gasteiger charge is -2.34. The molecule has 1 amide bonds. The topological polar surface area (TPSA) is 104 Å². The third-order valence-corrected chi connectivity index (χ3v) is 3.27. The molecule has 0 aromatic heterocycles. The van der Waals surface area contributed by atoms with Crippen molar-refractivity contribution in [2.75, 3.05) is 20.2 Å². The number of nitrogens with one attached hydrogen (secondary N) is 1. The minimum absolute atomic E-state index is 0.110. The molecule has 0 bridgehead atoms. The Morgan fingerprint density at radius 2 is 2.39 bits per heavy atom. The smallest absolute Gasteiger partial charge is 0.312 e. The third kappa shape index (κ3) is 3.63. The molecule has 7 heteroatoms. The van der Waals surface area contributed by atoms with Crippen molar-refractivity contribution in [3.05, 3.63) is 10.4 Å². The Hall–Kier alpha value is -1.75. The predicted octanol–water partition coefficient (Wildman–Crippen LogP) is 1.54. The molecule has 18 heavy (non-hydrogen) atoms. The largest absolute Gasteiger partial charge is 0.469 e. The van der Waals surface area contributed by atoms with Gasteiger partial charge in [-0.05, 0) is 24.8 Å². The van der Waals surface area contributed by atoms with Crippen molar-refractivity contribution in [3.8, 4) is 0 Å². The molecule has 0 aromatic carbocycles.